The maximum Gasteiger partial charge on any atom is 0.250 e. The normalized spacial score (nSPS) is 16.3. The van der Waals surface area contributed by atoms with E-state index in [-0.39, 0.29) is 17.5 Å². The molecule has 98 valence electrons. The second-order valence-corrected chi connectivity index (χ2v) is 4.69. The third-order valence-electron chi connectivity index (χ3n) is 3.02. The molecule has 1 aliphatic rings. The summed E-state index contributed by atoms with van der Waals surface area (Å²) in [6.07, 6.45) is 3.94. The van der Waals surface area contributed by atoms with Crippen LogP contribution in [-0.2, 0) is 11.3 Å². The van der Waals surface area contributed by atoms with Crippen molar-refractivity contribution in [3.8, 4) is 0 Å². The van der Waals surface area contributed by atoms with Crippen LogP contribution in [-0.4, -0.2) is 29.1 Å². The summed E-state index contributed by atoms with van der Waals surface area (Å²) in [7, 11) is 0. The number of carbonyl (C=O) groups excluding carboxylic acids is 1. The van der Waals surface area contributed by atoms with E-state index in [0.29, 0.717) is 19.1 Å². The van der Waals surface area contributed by atoms with E-state index in [1.165, 1.54) is 6.07 Å². The number of amides is 1. The van der Waals surface area contributed by atoms with Crippen LogP contribution in [0.5, 0.6) is 0 Å². The number of nitrogens with zero attached hydrogens (tertiary/aromatic N) is 1. The Morgan fingerprint density at radius 1 is 1.50 bits per heavy atom. The molecule has 5 nitrogen and oxygen atoms in total. The molecule has 1 aromatic heterocycles. The predicted molar refractivity (Wildman–Crippen MR) is 69.3 cm³/mol. The van der Waals surface area contributed by atoms with Crippen molar-refractivity contribution in [2.45, 2.75) is 38.4 Å². The summed E-state index contributed by atoms with van der Waals surface area (Å²) < 4.78 is 1.62. The van der Waals surface area contributed by atoms with Crippen LogP contribution in [0.25, 0.3) is 0 Å². The lowest BCUT2D eigenvalue weighted by atomic mass is 10.3. The molecule has 0 radical (unpaired) electrons. The Kier molecular flexibility index (Phi) is 4.15. The summed E-state index contributed by atoms with van der Waals surface area (Å²) in [4.78, 5) is 23.1. The van der Waals surface area contributed by atoms with Crippen molar-refractivity contribution in [2.24, 2.45) is 0 Å². The lowest BCUT2D eigenvalue weighted by molar-refractivity contribution is -0.122. The smallest absolute Gasteiger partial charge is 0.250 e. The molecule has 0 aliphatic heterocycles. The zero-order valence-electron chi connectivity index (χ0n) is 10.6. The van der Waals surface area contributed by atoms with E-state index in [1.807, 2.05) is 13.0 Å². The molecule has 2 rings (SSSR count). The minimum Gasteiger partial charge on any atom is -0.352 e. The fourth-order valence-corrected chi connectivity index (χ4v) is 1.69. The molecule has 0 spiro atoms. The first-order valence-corrected chi connectivity index (χ1v) is 6.36. The Labute approximate surface area is 106 Å². The molecule has 2 N–H and O–H groups in total. The molecule has 1 aliphatic carbocycles. The quantitative estimate of drug-likeness (QED) is 0.752. The summed E-state index contributed by atoms with van der Waals surface area (Å²) >= 11 is 0. The highest BCUT2D eigenvalue weighted by molar-refractivity contribution is 5.81. The number of hydrogen-bond donors (Lipinski definition) is 2. The van der Waals surface area contributed by atoms with Crippen molar-refractivity contribution < 1.29 is 4.79 Å². The largest absolute Gasteiger partial charge is 0.352 e. The van der Waals surface area contributed by atoms with Crippen molar-refractivity contribution in [2.75, 3.05) is 6.54 Å². The first kappa shape index (κ1) is 12.8. The van der Waals surface area contributed by atoms with Crippen LogP contribution in [0.2, 0.25) is 0 Å². The summed E-state index contributed by atoms with van der Waals surface area (Å²) in [5.41, 5.74) is -0.0191. The molecule has 0 saturated heterocycles. The molecular formula is C13H19N3O2. The number of carbonyl (C=O) groups is 1. The van der Waals surface area contributed by atoms with Crippen LogP contribution in [0.4, 0.5) is 0 Å². The van der Waals surface area contributed by atoms with Gasteiger partial charge in [0.1, 0.15) is 0 Å². The summed E-state index contributed by atoms with van der Waals surface area (Å²) in [6, 6.07) is 5.25. The molecule has 0 aromatic carbocycles. The third kappa shape index (κ3) is 3.70. The Morgan fingerprint density at radius 3 is 2.94 bits per heavy atom. The van der Waals surface area contributed by atoms with Gasteiger partial charge in [-0.2, -0.15) is 0 Å². The third-order valence-corrected chi connectivity index (χ3v) is 3.02. The van der Waals surface area contributed by atoms with E-state index >= 15 is 0 Å². The molecule has 0 bridgehead atoms. The van der Waals surface area contributed by atoms with E-state index < -0.39 is 0 Å². The highest BCUT2D eigenvalue weighted by Crippen LogP contribution is 2.18. The minimum absolute atomic E-state index is 0.0191. The Bertz CT molecular complexity index is 465. The molecule has 1 atom stereocenters. The summed E-state index contributed by atoms with van der Waals surface area (Å²) in [5.74, 6) is 0.0397. The van der Waals surface area contributed by atoms with Crippen molar-refractivity contribution in [3.05, 3.63) is 34.7 Å². The monoisotopic (exact) mass is 249 g/mol. The molecule has 18 heavy (non-hydrogen) atoms. The number of hydrogen-bond acceptors (Lipinski definition) is 3. The van der Waals surface area contributed by atoms with Crippen molar-refractivity contribution in [1.82, 2.24) is 15.2 Å². The highest BCUT2D eigenvalue weighted by Gasteiger charge is 2.25. The maximum absolute atomic E-state index is 11.7. The summed E-state index contributed by atoms with van der Waals surface area (Å²) in [6.45, 7) is 3.01. The number of nitrogens with one attached hydrogen (secondary N) is 2. The van der Waals surface area contributed by atoms with Gasteiger partial charge in [-0.25, -0.2) is 0 Å². The zero-order valence-corrected chi connectivity index (χ0v) is 10.6. The molecule has 1 heterocycles. The summed E-state index contributed by atoms with van der Waals surface area (Å²) in [5, 5.41) is 6.06. The molecule has 1 unspecified atom stereocenters. The lowest BCUT2D eigenvalue weighted by Crippen LogP contribution is -2.44. The number of aromatic nitrogens is 1. The molecule has 1 aromatic rings. The molecular weight excluding hydrogens is 230 g/mol. The van der Waals surface area contributed by atoms with Gasteiger partial charge < -0.3 is 15.2 Å². The average molecular weight is 249 g/mol. The van der Waals surface area contributed by atoms with E-state index in [9.17, 15) is 9.59 Å². The van der Waals surface area contributed by atoms with Gasteiger partial charge in [0.25, 0.3) is 5.56 Å². The van der Waals surface area contributed by atoms with Gasteiger partial charge in [-0.1, -0.05) is 6.07 Å². The van der Waals surface area contributed by atoms with E-state index in [0.717, 1.165) is 12.8 Å². The van der Waals surface area contributed by atoms with E-state index in [1.54, 1.807) is 16.8 Å². The standard InChI is InChI=1S/C13H19N3O2/c1-10(13(18)15-11-5-6-11)14-7-9-16-8-3-2-4-12(16)17/h2-4,8,10-11,14H,5-7,9H2,1H3,(H,15,18). The van der Waals surface area contributed by atoms with Crippen LogP contribution in [0, 0.1) is 0 Å². The fourth-order valence-electron chi connectivity index (χ4n) is 1.69. The SMILES string of the molecule is CC(NCCn1ccccc1=O)C(=O)NC1CC1. The van der Waals surface area contributed by atoms with Gasteiger partial charge in [-0.3, -0.25) is 9.59 Å². The van der Waals surface area contributed by atoms with Crippen LogP contribution in [0.1, 0.15) is 19.8 Å². The van der Waals surface area contributed by atoms with Crippen molar-refractivity contribution >= 4 is 5.91 Å². The van der Waals surface area contributed by atoms with E-state index in [4.69, 9.17) is 0 Å². The second kappa shape index (κ2) is 5.82. The Balaban J connectivity index is 1.72. The molecule has 1 amide bonds. The van der Waals surface area contributed by atoms with Gasteiger partial charge in [0, 0.05) is 31.4 Å². The molecule has 1 saturated carbocycles. The zero-order chi connectivity index (χ0) is 13.0. The van der Waals surface area contributed by atoms with Gasteiger partial charge in [0.2, 0.25) is 5.91 Å². The van der Waals surface area contributed by atoms with Crippen LogP contribution < -0.4 is 16.2 Å². The van der Waals surface area contributed by atoms with Gasteiger partial charge in [-0.05, 0) is 25.8 Å². The first-order chi connectivity index (χ1) is 8.66. The van der Waals surface area contributed by atoms with Crippen LogP contribution >= 0.6 is 0 Å². The number of rotatable bonds is 6. The highest BCUT2D eigenvalue weighted by atomic mass is 16.2. The van der Waals surface area contributed by atoms with Gasteiger partial charge >= 0.3 is 0 Å². The molecule has 1 fully saturated rings. The van der Waals surface area contributed by atoms with Gasteiger partial charge in [-0.15, -0.1) is 0 Å². The lowest BCUT2D eigenvalue weighted by Gasteiger charge is -2.14. The topological polar surface area (TPSA) is 63.1 Å². The Morgan fingerprint density at radius 2 is 2.28 bits per heavy atom. The predicted octanol–water partition coefficient (Wildman–Crippen LogP) is 0.105. The maximum atomic E-state index is 11.7. The first-order valence-electron chi connectivity index (χ1n) is 6.36. The Hall–Kier alpha value is -1.62. The minimum atomic E-state index is -0.218. The van der Waals surface area contributed by atoms with Crippen LogP contribution in [0.15, 0.2) is 29.2 Å². The molecule has 5 heteroatoms. The van der Waals surface area contributed by atoms with Gasteiger partial charge in [0.05, 0.1) is 6.04 Å². The number of pyridine rings is 1. The van der Waals surface area contributed by atoms with Gasteiger partial charge in [0.15, 0.2) is 0 Å². The van der Waals surface area contributed by atoms with Crippen molar-refractivity contribution in [1.29, 1.82) is 0 Å². The second-order valence-electron chi connectivity index (χ2n) is 4.69. The van der Waals surface area contributed by atoms with Crippen LogP contribution in [0.3, 0.4) is 0 Å². The van der Waals surface area contributed by atoms with Crippen molar-refractivity contribution in [3.63, 3.8) is 0 Å². The van der Waals surface area contributed by atoms with E-state index in [2.05, 4.69) is 10.6 Å². The fraction of sp³-hybridized carbons (Fsp3) is 0.538. The average Bonchev–Trinajstić information content (AvgIpc) is 3.15.